The standard InChI is InChI=1S/C15H21N3O3/c1-2-11-6-7-17(14(8-11)10-16)15(19)12-4-3-5-13(9-12)18(20)21/h3-5,9,11,14H,2,6-8,10,16H2,1H3. The molecule has 0 radical (unpaired) electrons. The highest BCUT2D eigenvalue weighted by atomic mass is 16.6. The van der Waals surface area contributed by atoms with Gasteiger partial charge in [0.2, 0.25) is 0 Å². The average molecular weight is 291 g/mol. The number of amides is 1. The van der Waals surface area contributed by atoms with Crippen LogP contribution in [0.5, 0.6) is 0 Å². The van der Waals surface area contributed by atoms with E-state index in [0.717, 1.165) is 19.3 Å². The summed E-state index contributed by atoms with van der Waals surface area (Å²) < 4.78 is 0. The number of hydrogen-bond donors (Lipinski definition) is 1. The van der Waals surface area contributed by atoms with Crippen molar-refractivity contribution in [3.63, 3.8) is 0 Å². The normalized spacial score (nSPS) is 22.1. The number of nitrogens with zero attached hydrogens (tertiary/aromatic N) is 2. The van der Waals surface area contributed by atoms with Gasteiger partial charge in [0.25, 0.3) is 11.6 Å². The second kappa shape index (κ2) is 6.67. The van der Waals surface area contributed by atoms with E-state index in [-0.39, 0.29) is 17.6 Å². The summed E-state index contributed by atoms with van der Waals surface area (Å²) >= 11 is 0. The van der Waals surface area contributed by atoms with Gasteiger partial charge in [-0.2, -0.15) is 0 Å². The fraction of sp³-hybridized carbons (Fsp3) is 0.533. The van der Waals surface area contributed by atoms with Crippen molar-refractivity contribution in [1.82, 2.24) is 4.90 Å². The van der Waals surface area contributed by atoms with Crippen LogP contribution in [-0.4, -0.2) is 34.9 Å². The molecule has 1 aliphatic rings. The first-order valence-electron chi connectivity index (χ1n) is 7.32. The van der Waals surface area contributed by atoms with Gasteiger partial charge in [-0.3, -0.25) is 14.9 Å². The maximum absolute atomic E-state index is 12.6. The van der Waals surface area contributed by atoms with Crippen molar-refractivity contribution < 1.29 is 9.72 Å². The molecule has 1 fully saturated rings. The Morgan fingerprint density at radius 3 is 2.90 bits per heavy atom. The molecule has 21 heavy (non-hydrogen) atoms. The Labute approximate surface area is 124 Å². The lowest BCUT2D eigenvalue weighted by atomic mass is 9.88. The Hall–Kier alpha value is -1.95. The lowest BCUT2D eigenvalue weighted by Crippen LogP contribution is -2.49. The van der Waals surface area contributed by atoms with E-state index in [1.165, 1.54) is 12.1 Å². The summed E-state index contributed by atoms with van der Waals surface area (Å²) in [7, 11) is 0. The molecule has 1 saturated heterocycles. The van der Waals surface area contributed by atoms with Gasteiger partial charge in [0.1, 0.15) is 0 Å². The number of benzene rings is 1. The molecule has 0 bridgehead atoms. The van der Waals surface area contributed by atoms with Crippen molar-refractivity contribution in [2.45, 2.75) is 32.2 Å². The largest absolute Gasteiger partial charge is 0.334 e. The molecule has 2 atom stereocenters. The number of hydrogen-bond acceptors (Lipinski definition) is 4. The number of carbonyl (C=O) groups is 1. The number of likely N-dealkylation sites (tertiary alicyclic amines) is 1. The molecule has 1 heterocycles. The molecule has 6 nitrogen and oxygen atoms in total. The van der Waals surface area contributed by atoms with Crippen LogP contribution < -0.4 is 5.73 Å². The zero-order valence-corrected chi connectivity index (χ0v) is 12.2. The minimum atomic E-state index is -0.486. The molecule has 6 heteroatoms. The van der Waals surface area contributed by atoms with Crippen molar-refractivity contribution in [1.29, 1.82) is 0 Å². The summed E-state index contributed by atoms with van der Waals surface area (Å²) in [4.78, 5) is 24.7. The fourth-order valence-corrected chi connectivity index (χ4v) is 2.91. The van der Waals surface area contributed by atoms with Gasteiger partial charge in [0.05, 0.1) is 4.92 Å². The molecule has 1 aromatic carbocycles. The molecule has 1 aromatic rings. The smallest absolute Gasteiger partial charge is 0.270 e. The second-order valence-electron chi connectivity index (χ2n) is 5.49. The van der Waals surface area contributed by atoms with Crippen LogP contribution in [0.4, 0.5) is 5.69 Å². The maximum atomic E-state index is 12.6. The zero-order valence-electron chi connectivity index (χ0n) is 12.2. The second-order valence-corrected chi connectivity index (χ2v) is 5.49. The molecule has 0 aliphatic carbocycles. The third-order valence-corrected chi connectivity index (χ3v) is 4.24. The number of non-ortho nitro benzene ring substituents is 1. The van der Waals surface area contributed by atoms with E-state index in [2.05, 4.69) is 6.92 Å². The molecular formula is C15H21N3O3. The molecule has 0 spiro atoms. The lowest BCUT2D eigenvalue weighted by Gasteiger charge is -2.38. The number of nitro groups is 1. The van der Waals surface area contributed by atoms with E-state index in [9.17, 15) is 14.9 Å². The first-order chi connectivity index (χ1) is 10.1. The predicted octanol–water partition coefficient (Wildman–Crippen LogP) is 2.18. The SMILES string of the molecule is CCC1CCN(C(=O)c2cccc([N+](=O)[O-])c2)C(CN)C1. The van der Waals surface area contributed by atoms with Gasteiger partial charge < -0.3 is 10.6 Å². The monoisotopic (exact) mass is 291 g/mol. The lowest BCUT2D eigenvalue weighted by molar-refractivity contribution is -0.384. The van der Waals surface area contributed by atoms with Crippen LogP contribution in [0.25, 0.3) is 0 Å². The molecule has 2 rings (SSSR count). The van der Waals surface area contributed by atoms with E-state index in [0.29, 0.717) is 24.6 Å². The summed E-state index contributed by atoms with van der Waals surface area (Å²) in [6.45, 7) is 3.25. The van der Waals surface area contributed by atoms with Crippen LogP contribution in [0.15, 0.2) is 24.3 Å². The van der Waals surface area contributed by atoms with Gasteiger partial charge in [-0.05, 0) is 24.8 Å². The van der Waals surface area contributed by atoms with Crippen LogP contribution in [-0.2, 0) is 0 Å². The third-order valence-electron chi connectivity index (χ3n) is 4.24. The van der Waals surface area contributed by atoms with Gasteiger partial charge in [-0.25, -0.2) is 0 Å². The molecule has 2 unspecified atom stereocenters. The molecular weight excluding hydrogens is 270 g/mol. The quantitative estimate of drug-likeness (QED) is 0.680. The fourth-order valence-electron chi connectivity index (χ4n) is 2.91. The van der Waals surface area contributed by atoms with Crippen LogP contribution in [0.3, 0.4) is 0 Å². The molecule has 1 amide bonds. The van der Waals surface area contributed by atoms with Crippen molar-refractivity contribution in [3.05, 3.63) is 39.9 Å². The minimum Gasteiger partial charge on any atom is -0.334 e. The molecule has 0 aromatic heterocycles. The van der Waals surface area contributed by atoms with E-state index >= 15 is 0 Å². The summed E-state index contributed by atoms with van der Waals surface area (Å²) in [5.41, 5.74) is 6.10. The Morgan fingerprint density at radius 2 is 2.29 bits per heavy atom. The van der Waals surface area contributed by atoms with Gasteiger partial charge >= 0.3 is 0 Å². The van der Waals surface area contributed by atoms with E-state index in [1.54, 1.807) is 17.0 Å². The summed E-state index contributed by atoms with van der Waals surface area (Å²) in [5, 5.41) is 10.8. The van der Waals surface area contributed by atoms with Crippen LogP contribution in [0.2, 0.25) is 0 Å². The highest BCUT2D eigenvalue weighted by Gasteiger charge is 2.30. The Bertz CT molecular complexity index is 533. The number of carbonyl (C=O) groups excluding carboxylic acids is 1. The summed E-state index contributed by atoms with van der Waals surface area (Å²) in [6, 6.07) is 5.91. The van der Waals surface area contributed by atoms with Crippen molar-refractivity contribution >= 4 is 11.6 Å². The van der Waals surface area contributed by atoms with E-state index in [4.69, 9.17) is 5.73 Å². The molecule has 1 aliphatic heterocycles. The van der Waals surface area contributed by atoms with Crippen LogP contribution >= 0.6 is 0 Å². The van der Waals surface area contributed by atoms with Crippen molar-refractivity contribution in [2.24, 2.45) is 11.7 Å². The van der Waals surface area contributed by atoms with Crippen LogP contribution in [0.1, 0.15) is 36.5 Å². The average Bonchev–Trinajstić information content (AvgIpc) is 2.53. The Kier molecular flexibility index (Phi) is 4.90. The number of nitrogens with two attached hydrogens (primary N) is 1. The van der Waals surface area contributed by atoms with Gasteiger partial charge in [0, 0.05) is 36.8 Å². The van der Waals surface area contributed by atoms with Crippen molar-refractivity contribution in [2.75, 3.05) is 13.1 Å². The first-order valence-corrected chi connectivity index (χ1v) is 7.32. The van der Waals surface area contributed by atoms with Crippen LogP contribution in [0, 0.1) is 16.0 Å². The minimum absolute atomic E-state index is 0.0236. The first kappa shape index (κ1) is 15.4. The summed E-state index contributed by atoms with van der Waals surface area (Å²) in [6.07, 6.45) is 2.97. The van der Waals surface area contributed by atoms with Gasteiger partial charge in [-0.15, -0.1) is 0 Å². The summed E-state index contributed by atoms with van der Waals surface area (Å²) in [5.74, 6) is 0.441. The predicted molar refractivity (Wildman–Crippen MR) is 80.0 cm³/mol. The highest BCUT2D eigenvalue weighted by molar-refractivity contribution is 5.95. The Morgan fingerprint density at radius 1 is 1.52 bits per heavy atom. The maximum Gasteiger partial charge on any atom is 0.270 e. The Balaban J connectivity index is 2.19. The third kappa shape index (κ3) is 3.39. The number of rotatable bonds is 4. The molecule has 2 N–H and O–H groups in total. The highest BCUT2D eigenvalue weighted by Crippen LogP contribution is 2.26. The van der Waals surface area contributed by atoms with Gasteiger partial charge in [0.15, 0.2) is 0 Å². The zero-order chi connectivity index (χ0) is 15.4. The number of piperidine rings is 1. The molecule has 0 saturated carbocycles. The number of nitro benzene ring substituents is 1. The van der Waals surface area contributed by atoms with E-state index < -0.39 is 4.92 Å². The topological polar surface area (TPSA) is 89.5 Å². The molecule has 114 valence electrons. The van der Waals surface area contributed by atoms with E-state index in [1.807, 2.05) is 0 Å². The van der Waals surface area contributed by atoms with Crippen molar-refractivity contribution in [3.8, 4) is 0 Å². The van der Waals surface area contributed by atoms with Gasteiger partial charge in [-0.1, -0.05) is 19.4 Å².